The van der Waals surface area contributed by atoms with Crippen molar-refractivity contribution in [2.45, 2.75) is 25.7 Å². The number of carbonyl (C=O) groups excluding carboxylic acids is 1. The van der Waals surface area contributed by atoms with E-state index in [9.17, 15) is 9.90 Å². The summed E-state index contributed by atoms with van der Waals surface area (Å²) in [6.07, 6.45) is 4.49. The molecule has 2 amide bonds. The van der Waals surface area contributed by atoms with Crippen LogP contribution in [0.2, 0.25) is 5.02 Å². The van der Waals surface area contributed by atoms with E-state index in [4.69, 9.17) is 11.6 Å². The number of urea groups is 1. The fourth-order valence-electron chi connectivity index (χ4n) is 2.73. The molecule has 110 valence electrons. The molecule has 0 aliphatic heterocycles. The molecule has 1 saturated carbocycles. The van der Waals surface area contributed by atoms with E-state index in [2.05, 4.69) is 10.6 Å². The molecule has 0 spiro atoms. The van der Waals surface area contributed by atoms with Crippen LogP contribution in [0.5, 0.6) is 0 Å². The molecule has 1 aromatic carbocycles. The quantitative estimate of drug-likeness (QED) is 0.798. The van der Waals surface area contributed by atoms with Gasteiger partial charge in [-0.05, 0) is 48.9 Å². The van der Waals surface area contributed by atoms with E-state index in [1.54, 1.807) is 24.3 Å². The molecule has 2 atom stereocenters. The highest BCUT2D eigenvalue weighted by molar-refractivity contribution is 6.30. The van der Waals surface area contributed by atoms with Gasteiger partial charge >= 0.3 is 6.03 Å². The first kappa shape index (κ1) is 15.1. The van der Waals surface area contributed by atoms with E-state index in [1.165, 1.54) is 12.8 Å². The lowest BCUT2D eigenvalue weighted by atomic mass is 9.80. The van der Waals surface area contributed by atoms with Gasteiger partial charge in [-0.3, -0.25) is 0 Å². The monoisotopic (exact) mass is 296 g/mol. The van der Waals surface area contributed by atoms with Gasteiger partial charge in [0.2, 0.25) is 0 Å². The summed E-state index contributed by atoms with van der Waals surface area (Å²) in [5.41, 5.74) is 0.717. The van der Waals surface area contributed by atoms with Crippen molar-refractivity contribution in [1.29, 1.82) is 0 Å². The Morgan fingerprint density at radius 1 is 1.20 bits per heavy atom. The Labute approximate surface area is 124 Å². The van der Waals surface area contributed by atoms with Crippen molar-refractivity contribution < 1.29 is 9.90 Å². The van der Waals surface area contributed by atoms with Crippen molar-refractivity contribution in [3.8, 4) is 0 Å². The molecule has 20 heavy (non-hydrogen) atoms. The van der Waals surface area contributed by atoms with Crippen LogP contribution in [-0.4, -0.2) is 24.3 Å². The topological polar surface area (TPSA) is 61.4 Å². The number of benzene rings is 1. The summed E-state index contributed by atoms with van der Waals surface area (Å²) in [6.45, 7) is 0.829. The lowest BCUT2D eigenvalue weighted by Gasteiger charge is -2.30. The number of hydrogen-bond acceptors (Lipinski definition) is 2. The van der Waals surface area contributed by atoms with Gasteiger partial charge in [-0.15, -0.1) is 0 Å². The van der Waals surface area contributed by atoms with E-state index in [0.29, 0.717) is 29.1 Å². The van der Waals surface area contributed by atoms with Crippen molar-refractivity contribution in [3.63, 3.8) is 0 Å². The largest absolute Gasteiger partial charge is 0.396 e. The Morgan fingerprint density at radius 2 is 1.85 bits per heavy atom. The van der Waals surface area contributed by atoms with Crippen LogP contribution < -0.4 is 10.6 Å². The predicted molar refractivity (Wildman–Crippen MR) is 81.0 cm³/mol. The molecular formula is C15H21ClN2O2. The van der Waals surface area contributed by atoms with Gasteiger partial charge in [0.25, 0.3) is 0 Å². The summed E-state index contributed by atoms with van der Waals surface area (Å²) in [5, 5.41) is 15.6. The number of aliphatic hydroxyl groups is 1. The molecule has 3 N–H and O–H groups in total. The first-order valence-electron chi connectivity index (χ1n) is 7.10. The Kier molecular flexibility index (Phi) is 5.68. The number of halogens is 1. The van der Waals surface area contributed by atoms with Crippen LogP contribution >= 0.6 is 11.6 Å². The maximum absolute atomic E-state index is 11.8. The van der Waals surface area contributed by atoms with Crippen molar-refractivity contribution in [2.24, 2.45) is 11.8 Å². The molecule has 0 heterocycles. The fourth-order valence-corrected chi connectivity index (χ4v) is 2.85. The molecule has 4 nitrogen and oxygen atoms in total. The van der Waals surface area contributed by atoms with Crippen LogP contribution in [0.1, 0.15) is 25.7 Å². The summed E-state index contributed by atoms with van der Waals surface area (Å²) >= 11 is 5.79. The van der Waals surface area contributed by atoms with E-state index in [0.717, 1.165) is 12.8 Å². The third-order valence-electron chi connectivity index (χ3n) is 3.93. The van der Waals surface area contributed by atoms with E-state index < -0.39 is 0 Å². The van der Waals surface area contributed by atoms with Gasteiger partial charge in [0.05, 0.1) is 0 Å². The molecule has 5 heteroatoms. The summed E-state index contributed by atoms with van der Waals surface area (Å²) < 4.78 is 0. The third-order valence-corrected chi connectivity index (χ3v) is 4.18. The molecule has 1 aromatic rings. The van der Waals surface area contributed by atoms with Crippen molar-refractivity contribution >= 4 is 23.3 Å². The summed E-state index contributed by atoms with van der Waals surface area (Å²) in [6, 6.07) is 6.78. The zero-order valence-corrected chi connectivity index (χ0v) is 12.2. The van der Waals surface area contributed by atoms with Gasteiger partial charge in [0.15, 0.2) is 0 Å². The van der Waals surface area contributed by atoms with Gasteiger partial charge in [0.1, 0.15) is 0 Å². The smallest absolute Gasteiger partial charge is 0.319 e. The second-order valence-electron chi connectivity index (χ2n) is 5.33. The zero-order chi connectivity index (χ0) is 14.4. The number of rotatable bonds is 4. The summed E-state index contributed by atoms with van der Waals surface area (Å²) in [5.74, 6) is 0.698. The summed E-state index contributed by atoms with van der Waals surface area (Å²) in [7, 11) is 0. The minimum absolute atomic E-state index is 0.213. The lowest BCUT2D eigenvalue weighted by Crippen LogP contribution is -2.37. The molecule has 2 rings (SSSR count). The molecule has 0 aromatic heterocycles. The predicted octanol–water partition coefficient (Wildman–Crippen LogP) is 3.26. The summed E-state index contributed by atoms with van der Waals surface area (Å²) in [4.78, 5) is 11.8. The average Bonchev–Trinajstić information content (AvgIpc) is 2.48. The number of nitrogens with one attached hydrogen (secondary N) is 2. The highest BCUT2D eigenvalue weighted by Crippen LogP contribution is 2.29. The highest BCUT2D eigenvalue weighted by atomic mass is 35.5. The Balaban J connectivity index is 1.78. The van der Waals surface area contributed by atoms with Crippen molar-refractivity contribution in [2.75, 3.05) is 18.5 Å². The molecule has 0 radical (unpaired) electrons. The molecule has 1 fully saturated rings. The normalized spacial score (nSPS) is 22.3. The van der Waals surface area contributed by atoms with E-state index in [1.807, 2.05) is 0 Å². The van der Waals surface area contributed by atoms with Crippen molar-refractivity contribution in [3.05, 3.63) is 29.3 Å². The van der Waals surface area contributed by atoms with Crippen LogP contribution in [0.15, 0.2) is 24.3 Å². The first-order valence-corrected chi connectivity index (χ1v) is 7.48. The molecule has 0 bridgehead atoms. The molecule has 1 aliphatic carbocycles. The van der Waals surface area contributed by atoms with Gasteiger partial charge in [-0.2, -0.15) is 0 Å². The average molecular weight is 297 g/mol. The van der Waals surface area contributed by atoms with Gasteiger partial charge < -0.3 is 15.7 Å². The van der Waals surface area contributed by atoms with Crippen LogP contribution in [0.25, 0.3) is 0 Å². The van der Waals surface area contributed by atoms with E-state index in [-0.39, 0.29) is 12.6 Å². The van der Waals surface area contributed by atoms with Crippen LogP contribution in [0.3, 0.4) is 0 Å². The number of aliphatic hydroxyl groups excluding tert-OH is 1. The number of amides is 2. The zero-order valence-electron chi connectivity index (χ0n) is 11.4. The third kappa shape index (κ3) is 4.39. The second-order valence-corrected chi connectivity index (χ2v) is 5.77. The number of anilines is 1. The Hall–Kier alpha value is -1.26. The molecule has 0 saturated heterocycles. The van der Waals surface area contributed by atoms with Crippen LogP contribution in [0, 0.1) is 11.8 Å². The van der Waals surface area contributed by atoms with Gasteiger partial charge in [-0.25, -0.2) is 4.79 Å². The second kappa shape index (κ2) is 7.50. The fraction of sp³-hybridized carbons (Fsp3) is 0.533. The standard InChI is InChI=1S/C15H21ClN2O2/c16-13-5-7-14(8-6-13)18-15(20)17-9-11-3-1-2-4-12(11)10-19/h5-8,11-12,19H,1-4,9-10H2,(H2,17,18,20). The molecule has 1 aliphatic rings. The van der Waals surface area contributed by atoms with Crippen LogP contribution in [0.4, 0.5) is 10.5 Å². The SMILES string of the molecule is O=C(NCC1CCCCC1CO)Nc1ccc(Cl)cc1. The van der Waals surface area contributed by atoms with Crippen LogP contribution in [-0.2, 0) is 0 Å². The molecule has 2 unspecified atom stereocenters. The first-order chi connectivity index (χ1) is 9.69. The minimum Gasteiger partial charge on any atom is -0.396 e. The lowest BCUT2D eigenvalue weighted by molar-refractivity contribution is 0.134. The molecular weight excluding hydrogens is 276 g/mol. The number of carbonyl (C=O) groups is 1. The maximum atomic E-state index is 11.8. The van der Waals surface area contributed by atoms with Gasteiger partial charge in [-0.1, -0.05) is 24.4 Å². The Bertz CT molecular complexity index is 436. The highest BCUT2D eigenvalue weighted by Gasteiger charge is 2.24. The van der Waals surface area contributed by atoms with E-state index >= 15 is 0 Å². The minimum atomic E-state index is -0.213. The Morgan fingerprint density at radius 3 is 2.50 bits per heavy atom. The van der Waals surface area contributed by atoms with Gasteiger partial charge in [0, 0.05) is 23.9 Å². The van der Waals surface area contributed by atoms with Crippen molar-refractivity contribution in [1.82, 2.24) is 5.32 Å². The number of hydrogen-bond donors (Lipinski definition) is 3. The maximum Gasteiger partial charge on any atom is 0.319 e.